The summed E-state index contributed by atoms with van der Waals surface area (Å²) in [7, 11) is 0. The van der Waals surface area contributed by atoms with Gasteiger partial charge in [-0.1, -0.05) is 0 Å². The van der Waals surface area contributed by atoms with Gasteiger partial charge in [-0.15, -0.1) is 0 Å². The first-order valence-electron chi connectivity index (χ1n) is 10.2. The summed E-state index contributed by atoms with van der Waals surface area (Å²) in [5, 5.41) is 0. The minimum absolute atomic E-state index is 0.466. The van der Waals surface area contributed by atoms with Gasteiger partial charge in [0.15, 0.2) is 0 Å². The number of carbonyl (C=O) groups is 1. The molecule has 0 aromatic carbocycles. The summed E-state index contributed by atoms with van der Waals surface area (Å²) >= 11 is 0.763. The van der Waals surface area contributed by atoms with Gasteiger partial charge in [-0.2, -0.15) is 0 Å². The zero-order valence-electron chi connectivity index (χ0n) is 16.1. The molecule has 0 aromatic heterocycles. The van der Waals surface area contributed by atoms with Crippen LogP contribution in [-0.4, -0.2) is 26.3 Å². The van der Waals surface area contributed by atoms with Crippen molar-refractivity contribution in [1.29, 1.82) is 0 Å². The Bertz CT molecular complexity index is 306. The fraction of sp³-hybridized carbons (Fsp3) is 0.857. The molecular weight excluding hydrogens is 387 g/mol. The van der Waals surface area contributed by atoms with Gasteiger partial charge < -0.3 is 0 Å². The van der Waals surface area contributed by atoms with Crippen molar-refractivity contribution in [3.8, 4) is 0 Å². The quantitative estimate of drug-likeness (QED) is 0.154. The van der Waals surface area contributed by atoms with Crippen molar-refractivity contribution in [2.45, 2.75) is 117 Å². The van der Waals surface area contributed by atoms with E-state index in [0.717, 1.165) is 28.9 Å². The molecule has 0 heterocycles. The molecule has 2 radical (unpaired) electrons. The molecule has 0 N–H and O–H groups in total. The number of hydrogen-bond acceptors (Lipinski definition) is 1. The van der Waals surface area contributed by atoms with Gasteiger partial charge in [0.05, 0.1) is 0 Å². The van der Waals surface area contributed by atoms with Crippen molar-refractivity contribution in [3.63, 3.8) is 0 Å². The van der Waals surface area contributed by atoms with E-state index < -0.39 is 0 Å². The number of allylic oxidation sites excluding steroid dienone is 2. The third-order valence-corrected chi connectivity index (χ3v) is 5.66. The SMILES string of the molecule is CCCCCCC(CCCCCC)=C(CCCCCC)[C](=O)[SnH]. The molecule has 134 valence electrons. The van der Waals surface area contributed by atoms with Crippen LogP contribution in [0.3, 0.4) is 0 Å². The van der Waals surface area contributed by atoms with Crippen molar-refractivity contribution in [1.82, 2.24) is 0 Å². The monoisotopic (exact) mass is 428 g/mol. The fourth-order valence-electron chi connectivity index (χ4n) is 3.16. The van der Waals surface area contributed by atoms with Crippen LogP contribution >= 0.6 is 0 Å². The van der Waals surface area contributed by atoms with Gasteiger partial charge in [-0.3, -0.25) is 0 Å². The Morgan fingerprint density at radius 3 is 1.35 bits per heavy atom. The van der Waals surface area contributed by atoms with Crippen LogP contribution in [0.15, 0.2) is 11.1 Å². The van der Waals surface area contributed by atoms with Gasteiger partial charge in [0, 0.05) is 0 Å². The molecule has 0 unspecified atom stereocenters. The Labute approximate surface area is 159 Å². The molecule has 0 saturated carbocycles. The van der Waals surface area contributed by atoms with Gasteiger partial charge in [-0.25, -0.2) is 0 Å². The number of hydrogen-bond donors (Lipinski definition) is 0. The zero-order chi connectivity index (χ0) is 17.3. The number of rotatable bonds is 16. The van der Waals surface area contributed by atoms with Gasteiger partial charge in [-0.05, 0) is 0 Å². The fourth-order valence-corrected chi connectivity index (χ4v) is 4.15. The molecule has 1 nitrogen and oxygen atoms in total. The van der Waals surface area contributed by atoms with E-state index in [1.165, 1.54) is 101 Å². The van der Waals surface area contributed by atoms with Crippen molar-refractivity contribution in [2.75, 3.05) is 0 Å². The molecular formula is C21H40OSn. The first-order chi connectivity index (χ1) is 11.2. The molecule has 2 heteroatoms. The summed E-state index contributed by atoms with van der Waals surface area (Å²) in [6, 6.07) is 0. The summed E-state index contributed by atoms with van der Waals surface area (Å²) in [4.78, 5) is 12.2. The van der Waals surface area contributed by atoms with Crippen LogP contribution in [0.4, 0.5) is 0 Å². The third kappa shape index (κ3) is 13.2. The summed E-state index contributed by atoms with van der Waals surface area (Å²) < 4.78 is 0.466. The molecule has 0 aromatic rings. The molecule has 0 bridgehead atoms. The van der Waals surface area contributed by atoms with E-state index in [2.05, 4.69) is 20.8 Å². The second-order valence-electron chi connectivity index (χ2n) is 6.88. The van der Waals surface area contributed by atoms with Crippen LogP contribution < -0.4 is 0 Å². The summed E-state index contributed by atoms with van der Waals surface area (Å²) in [6.07, 6.45) is 19.0. The standard InChI is InChI=1S/C21H39O.Sn.H/c1-4-7-10-13-16-20(17-14-11-8-5-2)21(19-22)18-15-12-9-6-3;;/h4-18H2,1-3H3;;. The topological polar surface area (TPSA) is 17.1 Å². The summed E-state index contributed by atoms with van der Waals surface area (Å²) in [6.45, 7) is 6.78. The van der Waals surface area contributed by atoms with Crippen molar-refractivity contribution >= 4 is 26.3 Å². The van der Waals surface area contributed by atoms with E-state index in [9.17, 15) is 4.79 Å². The summed E-state index contributed by atoms with van der Waals surface area (Å²) in [5.41, 5.74) is 2.78. The second kappa shape index (κ2) is 17.0. The van der Waals surface area contributed by atoms with E-state index >= 15 is 0 Å². The first kappa shape index (κ1) is 23.2. The maximum absolute atomic E-state index is 12.2. The van der Waals surface area contributed by atoms with Crippen LogP contribution in [-0.2, 0) is 4.79 Å². The van der Waals surface area contributed by atoms with Crippen LogP contribution in [0.25, 0.3) is 0 Å². The predicted octanol–water partition coefficient (Wildman–Crippen LogP) is 6.62. The predicted molar refractivity (Wildman–Crippen MR) is 105 cm³/mol. The van der Waals surface area contributed by atoms with E-state index in [4.69, 9.17) is 0 Å². The average Bonchev–Trinajstić information content (AvgIpc) is 2.54. The molecule has 0 amide bonds. The van der Waals surface area contributed by atoms with Gasteiger partial charge in [0.2, 0.25) is 0 Å². The van der Waals surface area contributed by atoms with E-state index in [1.54, 1.807) is 0 Å². The molecule has 23 heavy (non-hydrogen) atoms. The van der Waals surface area contributed by atoms with E-state index in [-0.39, 0.29) is 0 Å². The van der Waals surface area contributed by atoms with E-state index in [1.807, 2.05) is 0 Å². The Balaban J connectivity index is 4.67. The molecule has 0 fully saturated rings. The number of carbonyl (C=O) groups excluding carboxylic acids is 1. The summed E-state index contributed by atoms with van der Waals surface area (Å²) in [5.74, 6) is 0. The molecule has 0 aliphatic heterocycles. The second-order valence-corrected chi connectivity index (χ2v) is 8.37. The molecule has 0 spiro atoms. The Hall–Kier alpha value is 0.209. The third-order valence-electron chi connectivity index (χ3n) is 4.67. The van der Waals surface area contributed by atoms with Crippen LogP contribution in [0.5, 0.6) is 0 Å². The molecule has 0 saturated heterocycles. The number of unbranched alkanes of at least 4 members (excludes halogenated alkanes) is 9. The van der Waals surface area contributed by atoms with Crippen molar-refractivity contribution < 1.29 is 4.79 Å². The van der Waals surface area contributed by atoms with Crippen molar-refractivity contribution in [3.05, 3.63) is 11.1 Å². The molecule has 0 rings (SSSR count). The van der Waals surface area contributed by atoms with Crippen LogP contribution in [0, 0.1) is 0 Å². The maximum atomic E-state index is 12.2. The zero-order valence-corrected chi connectivity index (χ0v) is 19.4. The van der Waals surface area contributed by atoms with Crippen LogP contribution in [0.2, 0.25) is 0 Å². The molecule has 0 aliphatic carbocycles. The van der Waals surface area contributed by atoms with Crippen molar-refractivity contribution in [2.24, 2.45) is 0 Å². The van der Waals surface area contributed by atoms with E-state index in [0.29, 0.717) is 3.80 Å². The first-order valence-corrected chi connectivity index (χ1v) is 11.8. The van der Waals surface area contributed by atoms with Gasteiger partial charge in [0.1, 0.15) is 0 Å². The van der Waals surface area contributed by atoms with Gasteiger partial charge in [0.25, 0.3) is 0 Å². The minimum atomic E-state index is 0.466. The van der Waals surface area contributed by atoms with Crippen LogP contribution in [0.1, 0.15) is 117 Å². The Kier molecular flexibility index (Phi) is 17.2. The Morgan fingerprint density at radius 1 is 0.609 bits per heavy atom. The van der Waals surface area contributed by atoms with Gasteiger partial charge >= 0.3 is 159 Å². The Morgan fingerprint density at radius 2 is 1.00 bits per heavy atom. The molecule has 0 atom stereocenters. The molecule has 0 aliphatic rings. The normalized spacial score (nSPS) is 10.8. The average molecular weight is 427 g/mol.